The van der Waals surface area contributed by atoms with Crippen molar-refractivity contribution in [1.82, 2.24) is 0 Å². The molecule has 3 rings (SSSR count). The zero-order chi connectivity index (χ0) is 11.3. The molecular weight excluding hydrogens is 200 g/mol. The van der Waals surface area contributed by atoms with Crippen molar-refractivity contribution in [1.29, 1.82) is 5.41 Å². The maximum absolute atomic E-state index is 7.75. The van der Waals surface area contributed by atoms with Gasteiger partial charge in [-0.05, 0) is 36.1 Å². The predicted molar refractivity (Wildman–Crippen MR) is 63.6 cm³/mol. The van der Waals surface area contributed by atoms with Crippen molar-refractivity contribution in [3.05, 3.63) is 36.1 Å². The summed E-state index contributed by atoms with van der Waals surface area (Å²) in [4.78, 5) is 0. The second-order valence-corrected chi connectivity index (χ2v) is 4.66. The maximum Gasteiger partial charge on any atom is 0.133 e. The molecule has 0 amide bonds. The SMILES string of the molecule is CC1CC1(C(=N)N)c1ccc2occc2c1. The van der Waals surface area contributed by atoms with Gasteiger partial charge in [0, 0.05) is 5.39 Å². The Morgan fingerprint density at radius 3 is 2.88 bits per heavy atom. The highest BCUT2D eigenvalue weighted by Gasteiger charge is 2.55. The van der Waals surface area contributed by atoms with Crippen LogP contribution in [0.3, 0.4) is 0 Å². The highest BCUT2D eigenvalue weighted by molar-refractivity contribution is 5.94. The molecule has 3 nitrogen and oxygen atoms in total. The first-order valence-electron chi connectivity index (χ1n) is 5.47. The Labute approximate surface area is 93.8 Å². The van der Waals surface area contributed by atoms with Gasteiger partial charge in [-0.1, -0.05) is 13.0 Å². The van der Waals surface area contributed by atoms with Crippen LogP contribution in [0.5, 0.6) is 0 Å². The number of nitrogens with one attached hydrogen (secondary N) is 1. The van der Waals surface area contributed by atoms with Crippen LogP contribution < -0.4 is 5.73 Å². The molecule has 2 aromatic rings. The molecule has 0 spiro atoms. The molecule has 0 bridgehead atoms. The van der Waals surface area contributed by atoms with Crippen molar-refractivity contribution in [3.63, 3.8) is 0 Å². The highest BCUT2D eigenvalue weighted by atomic mass is 16.3. The molecule has 3 heteroatoms. The first kappa shape index (κ1) is 9.46. The molecule has 1 heterocycles. The molecular formula is C13H14N2O. The first-order chi connectivity index (χ1) is 7.64. The van der Waals surface area contributed by atoms with E-state index < -0.39 is 0 Å². The Hall–Kier alpha value is -1.77. The fourth-order valence-corrected chi connectivity index (χ4v) is 2.60. The van der Waals surface area contributed by atoms with Crippen molar-refractivity contribution in [2.75, 3.05) is 0 Å². The van der Waals surface area contributed by atoms with E-state index >= 15 is 0 Å². The van der Waals surface area contributed by atoms with E-state index in [-0.39, 0.29) is 11.3 Å². The number of rotatable bonds is 2. The summed E-state index contributed by atoms with van der Waals surface area (Å²) < 4.78 is 5.31. The van der Waals surface area contributed by atoms with Crippen LogP contribution in [0, 0.1) is 11.3 Å². The molecule has 16 heavy (non-hydrogen) atoms. The van der Waals surface area contributed by atoms with Gasteiger partial charge in [-0.3, -0.25) is 5.41 Å². The number of fused-ring (bicyclic) bond motifs is 1. The van der Waals surface area contributed by atoms with E-state index in [0.29, 0.717) is 5.92 Å². The summed E-state index contributed by atoms with van der Waals surface area (Å²) in [6.45, 7) is 2.14. The fourth-order valence-electron chi connectivity index (χ4n) is 2.60. The molecule has 2 unspecified atom stereocenters. The molecule has 1 fully saturated rings. The van der Waals surface area contributed by atoms with E-state index in [9.17, 15) is 0 Å². The summed E-state index contributed by atoms with van der Waals surface area (Å²) in [6.07, 6.45) is 2.66. The Bertz CT molecular complexity index is 572. The average Bonchev–Trinajstić information content (AvgIpc) is 2.75. The molecule has 3 N–H and O–H groups in total. The minimum atomic E-state index is -0.217. The van der Waals surface area contributed by atoms with E-state index in [4.69, 9.17) is 15.6 Å². The van der Waals surface area contributed by atoms with Crippen LogP contribution in [-0.2, 0) is 5.41 Å². The minimum Gasteiger partial charge on any atom is -0.464 e. The van der Waals surface area contributed by atoms with Gasteiger partial charge in [0.2, 0.25) is 0 Å². The lowest BCUT2D eigenvalue weighted by Gasteiger charge is -2.15. The lowest BCUT2D eigenvalue weighted by atomic mass is 9.91. The fraction of sp³-hybridized carbons (Fsp3) is 0.308. The molecule has 1 aromatic carbocycles. The van der Waals surface area contributed by atoms with Gasteiger partial charge in [0.15, 0.2) is 0 Å². The van der Waals surface area contributed by atoms with Crippen LogP contribution >= 0.6 is 0 Å². The standard InChI is InChI=1S/C13H14N2O/c1-8-7-13(8,12(14)15)10-2-3-11-9(6-10)4-5-16-11/h2-6,8H,7H2,1H3,(H3,14,15). The van der Waals surface area contributed by atoms with Crippen molar-refractivity contribution in [2.45, 2.75) is 18.8 Å². The minimum absolute atomic E-state index is 0.217. The van der Waals surface area contributed by atoms with Gasteiger partial charge in [-0.15, -0.1) is 0 Å². The number of furan rings is 1. The van der Waals surface area contributed by atoms with Crippen molar-refractivity contribution < 1.29 is 4.42 Å². The lowest BCUT2D eigenvalue weighted by molar-refractivity contribution is 0.615. The Morgan fingerprint density at radius 2 is 2.25 bits per heavy atom. The number of hydrogen-bond acceptors (Lipinski definition) is 2. The lowest BCUT2D eigenvalue weighted by Crippen LogP contribution is -2.29. The van der Waals surface area contributed by atoms with Crippen molar-refractivity contribution in [2.24, 2.45) is 11.7 Å². The smallest absolute Gasteiger partial charge is 0.133 e. The van der Waals surface area contributed by atoms with E-state index in [0.717, 1.165) is 23.0 Å². The summed E-state index contributed by atoms with van der Waals surface area (Å²) in [7, 11) is 0. The zero-order valence-electron chi connectivity index (χ0n) is 9.16. The van der Waals surface area contributed by atoms with Gasteiger partial charge in [-0.25, -0.2) is 0 Å². The van der Waals surface area contributed by atoms with Crippen LogP contribution in [-0.4, -0.2) is 5.84 Å². The Morgan fingerprint density at radius 1 is 1.50 bits per heavy atom. The molecule has 0 radical (unpaired) electrons. The topological polar surface area (TPSA) is 63.0 Å². The molecule has 0 aliphatic heterocycles. The summed E-state index contributed by atoms with van der Waals surface area (Å²) in [5.74, 6) is 0.747. The molecule has 0 saturated heterocycles. The molecule has 1 saturated carbocycles. The van der Waals surface area contributed by atoms with Gasteiger partial charge >= 0.3 is 0 Å². The predicted octanol–water partition coefficient (Wildman–Crippen LogP) is 2.65. The quantitative estimate of drug-likeness (QED) is 0.596. The van der Waals surface area contributed by atoms with E-state index in [1.54, 1.807) is 6.26 Å². The number of hydrogen-bond donors (Lipinski definition) is 2. The van der Waals surface area contributed by atoms with Crippen LogP contribution in [0.25, 0.3) is 11.0 Å². The summed E-state index contributed by atoms with van der Waals surface area (Å²) in [6, 6.07) is 8.01. The number of nitrogens with two attached hydrogens (primary N) is 1. The third-order valence-electron chi connectivity index (χ3n) is 3.76. The van der Waals surface area contributed by atoms with Gasteiger partial charge in [-0.2, -0.15) is 0 Å². The zero-order valence-corrected chi connectivity index (χ0v) is 9.16. The largest absolute Gasteiger partial charge is 0.464 e. The van der Waals surface area contributed by atoms with Crippen LogP contribution in [0.4, 0.5) is 0 Å². The van der Waals surface area contributed by atoms with E-state index in [1.165, 1.54) is 0 Å². The average molecular weight is 214 g/mol. The van der Waals surface area contributed by atoms with Crippen molar-refractivity contribution >= 4 is 16.8 Å². The van der Waals surface area contributed by atoms with Gasteiger partial charge in [0.1, 0.15) is 11.4 Å². The summed E-state index contributed by atoms with van der Waals surface area (Å²) in [5.41, 5.74) is 7.54. The van der Waals surface area contributed by atoms with Gasteiger partial charge in [0.05, 0.1) is 11.7 Å². The maximum atomic E-state index is 7.75. The highest BCUT2D eigenvalue weighted by Crippen LogP contribution is 2.54. The van der Waals surface area contributed by atoms with Crippen molar-refractivity contribution in [3.8, 4) is 0 Å². The van der Waals surface area contributed by atoms with Crippen LogP contribution in [0.2, 0.25) is 0 Å². The van der Waals surface area contributed by atoms with E-state index in [1.807, 2.05) is 18.2 Å². The first-order valence-corrected chi connectivity index (χ1v) is 5.47. The number of benzene rings is 1. The summed E-state index contributed by atoms with van der Waals surface area (Å²) >= 11 is 0. The monoisotopic (exact) mass is 214 g/mol. The Kier molecular flexibility index (Phi) is 1.70. The summed E-state index contributed by atoms with van der Waals surface area (Å²) in [5, 5.41) is 8.83. The molecule has 1 aromatic heterocycles. The molecule has 82 valence electrons. The molecule has 1 aliphatic carbocycles. The van der Waals surface area contributed by atoms with Crippen LogP contribution in [0.15, 0.2) is 34.9 Å². The van der Waals surface area contributed by atoms with Gasteiger partial charge in [0.25, 0.3) is 0 Å². The second kappa shape index (κ2) is 2.88. The number of amidine groups is 1. The van der Waals surface area contributed by atoms with Crippen LogP contribution in [0.1, 0.15) is 18.9 Å². The van der Waals surface area contributed by atoms with E-state index in [2.05, 4.69) is 13.0 Å². The normalized spacial score (nSPS) is 28.2. The second-order valence-electron chi connectivity index (χ2n) is 4.66. The molecule has 1 aliphatic rings. The Balaban J connectivity index is 2.15. The third-order valence-corrected chi connectivity index (χ3v) is 3.76. The third kappa shape index (κ3) is 1.06. The van der Waals surface area contributed by atoms with Gasteiger partial charge < -0.3 is 10.2 Å². The molecule has 2 atom stereocenters.